The van der Waals surface area contributed by atoms with Crippen molar-refractivity contribution in [1.82, 2.24) is 4.90 Å². The summed E-state index contributed by atoms with van der Waals surface area (Å²) in [6.45, 7) is 1.77. The van der Waals surface area contributed by atoms with Crippen LogP contribution in [0.2, 0.25) is 0 Å². The van der Waals surface area contributed by atoms with Gasteiger partial charge in [0.15, 0.2) is 0 Å². The van der Waals surface area contributed by atoms with E-state index in [1.807, 2.05) is 23.1 Å². The van der Waals surface area contributed by atoms with Gasteiger partial charge in [-0.3, -0.25) is 9.59 Å². The van der Waals surface area contributed by atoms with Crippen molar-refractivity contribution in [3.05, 3.63) is 29.3 Å². The van der Waals surface area contributed by atoms with Crippen molar-refractivity contribution in [2.24, 2.45) is 11.7 Å². The van der Waals surface area contributed by atoms with Crippen molar-refractivity contribution in [3.8, 4) is 5.75 Å². The number of hydrogen-bond donors (Lipinski definition) is 1. The summed E-state index contributed by atoms with van der Waals surface area (Å²) < 4.78 is 5.79. The molecule has 5 nitrogen and oxygen atoms in total. The molecule has 0 saturated heterocycles. The maximum atomic E-state index is 12.7. The maximum absolute atomic E-state index is 12.7. The van der Waals surface area contributed by atoms with Gasteiger partial charge in [0.05, 0.1) is 6.54 Å². The molecular weight excluding hydrogens is 292 g/mol. The van der Waals surface area contributed by atoms with Gasteiger partial charge in [-0.2, -0.15) is 0 Å². The molecule has 1 heterocycles. The minimum Gasteiger partial charge on any atom is -0.491 e. The summed E-state index contributed by atoms with van der Waals surface area (Å²) in [5, 5.41) is 0. The number of ether oxygens (including phenoxy) is 1. The van der Waals surface area contributed by atoms with Crippen LogP contribution in [-0.4, -0.2) is 29.9 Å². The molecule has 2 N–H and O–H groups in total. The molecule has 2 aliphatic rings. The third-order valence-electron chi connectivity index (χ3n) is 4.78. The normalized spacial score (nSPS) is 18.2. The second-order valence-corrected chi connectivity index (χ2v) is 6.50. The van der Waals surface area contributed by atoms with Crippen molar-refractivity contribution < 1.29 is 14.3 Å². The van der Waals surface area contributed by atoms with Gasteiger partial charge in [-0.25, -0.2) is 0 Å². The lowest BCUT2D eigenvalue weighted by atomic mass is 10.0. The molecular formula is C18H24N2O3. The van der Waals surface area contributed by atoms with Gasteiger partial charge >= 0.3 is 0 Å². The molecule has 0 aromatic heterocycles. The Bertz CT molecular complexity index is 594. The first-order chi connectivity index (χ1) is 11.1. The zero-order valence-electron chi connectivity index (χ0n) is 13.4. The number of hydrogen-bond acceptors (Lipinski definition) is 3. The first-order valence-electron chi connectivity index (χ1n) is 8.45. The Morgan fingerprint density at radius 3 is 2.78 bits per heavy atom. The summed E-state index contributed by atoms with van der Waals surface area (Å²) in [6.07, 6.45) is 5.32. The van der Waals surface area contributed by atoms with Crippen LogP contribution in [0.1, 0.15) is 43.2 Å². The minimum absolute atomic E-state index is 0.189. The van der Waals surface area contributed by atoms with E-state index in [2.05, 4.69) is 0 Å². The van der Waals surface area contributed by atoms with Crippen LogP contribution in [0.4, 0.5) is 0 Å². The van der Waals surface area contributed by atoms with E-state index < -0.39 is 0 Å². The van der Waals surface area contributed by atoms with Crippen LogP contribution in [0.3, 0.4) is 0 Å². The molecule has 5 heteroatoms. The van der Waals surface area contributed by atoms with E-state index in [4.69, 9.17) is 10.5 Å². The summed E-state index contributed by atoms with van der Waals surface area (Å²) in [5.41, 5.74) is 7.30. The molecule has 1 aliphatic carbocycles. The van der Waals surface area contributed by atoms with Crippen LogP contribution in [0, 0.1) is 5.92 Å². The van der Waals surface area contributed by atoms with Gasteiger partial charge in [0.25, 0.3) is 0 Å². The Morgan fingerprint density at radius 2 is 2.04 bits per heavy atom. The lowest BCUT2D eigenvalue weighted by Crippen LogP contribution is -2.36. The molecule has 1 saturated carbocycles. The zero-order chi connectivity index (χ0) is 16.2. The number of carbonyl (C=O) groups is 2. The predicted octanol–water partition coefficient (Wildman–Crippen LogP) is 2.02. The van der Waals surface area contributed by atoms with E-state index in [9.17, 15) is 9.59 Å². The van der Waals surface area contributed by atoms with E-state index in [1.54, 1.807) is 0 Å². The summed E-state index contributed by atoms with van der Waals surface area (Å²) >= 11 is 0. The zero-order valence-corrected chi connectivity index (χ0v) is 13.4. The van der Waals surface area contributed by atoms with Crippen LogP contribution in [0.25, 0.3) is 0 Å². The summed E-state index contributed by atoms with van der Waals surface area (Å²) in [6, 6.07) is 5.95. The van der Waals surface area contributed by atoms with E-state index >= 15 is 0 Å². The topological polar surface area (TPSA) is 72.6 Å². The molecule has 1 aliphatic heterocycles. The molecule has 0 unspecified atom stereocenters. The molecule has 1 fully saturated rings. The molecule has 23 heavy (non-hydrogen) atoms. The van der Waals surface area contributed by atoms with E-state index in [0.717, 1.165) is 42.6 Å². The second-order valence-electron chi connectivity index (χ2n) is 6.50. The average Bonchev–Trinajstić information content (AvgIpc) is 2.99. The van der Waals surface area contributed by atoms with Crippen molar-refractivity contribution >= 4 is 11.8 Å². The van der Waals surface area contributed by atoms with E-state index in [-0.39, 0.29) is 17.7 Å². The summed E-state index contributed by atoms with van der Waals surface area (Å²) in [4.78, 5) is 25.6. The largest absolute Gasteiger partial charge is 0.491 e. The fraction of sp³-hybridized carbons (Fsp3) is 0.556. The SMILES string of the molecule is NC(=O)CCc1ccc2c(c1)CN(C(=O)C1CCCC1)CCO2. The Balaban J connectivity index is 1.73. The third-order valence-corrected chi connectivity index (χ3v) is 4.78. The van der Waals surface area contributed by atoms with Crippen molar-refractivity contribution in [1.29, 1.82) is 0 Å². The number of fused-ring (bicyclic) bond motifs is 1. The van der Waals surface area contributed by atoms with Gasteiger partial charge in [0.2, 0.25) is 11.8 Å². The van der Waals surface area contributed by atoms with Crippen LogP contribution < -0.4 is 10.5 Å². The number of benzene rings is 1. The molecule has 124 valence electrons. The Labute approximate surface area is 136 Å². The van der Waals surface area contributed by atoms with Crippen LogP contribution >= 0.6 is 0 Å². The highest BCUT2D eigenvalue weighted by Crippen LogP contribution is 2.30. The highest BCUT2D eigenvalue weighted by molar-refractivity contribution is 5.79. The number of carbonyl (C=O) groups excluding carboxylic acids is 2. The standard InChI is InChI=1S/C18H24N2O3/c19-17(21)8-6-13-5-7-16-15(11-13)12-20(9-10-23-16)18(22)14-3-1-2-4-14/h5,7,11,14H,1-4,6,8-10,12H2,(H2,19,21). The smallest absolute Gasteiger partial charge is 0.226 e. The third kappa shape index (κ3) is 3.84. The Morgan fingerprint density at radius 1 is 1.26 bits per heavy atom. The second kappa shape index (κ2) is 7.02. The van der Waals surface area contributed by atoms with Crippen LogP contribution in [-0.2, 0) is 22.6 Å². The highest BCUT2D eigenvalue weighted by atomic mass is 16.5. The molecule has 0 bridgehead atoms. The number of nitrogens with two attached hydrogens (primary N) is 1. The average molecular weight is 316 g/mol. The fourth-order valence-electron chi connectivity index (χ4n) is 3.49. The molecule has 3 rings (SSSR count). The number of aryl methyl sites for hydroxylation is 1. The van der Waals surface area contributed by atoms with Gasteiger partial charge < -0.3 is 15.4 Å². The first kappa shape index (κ1) is 15.8. The minimum atomic E-state index is -0.297. The van der Waals surface area contributed by atoms with Crippen molar-refractivity contribution in [2.75, 3.05) is 13.2 Å². The number of amides is 2. The summed E-state index contributed by atoms with van der Waals surface area (Å²) in [5.74, 6) is 1.000. The lowest BCUT2D eigenvalue weighted by molar-refractivity contribution is -0.136. The van der Waals surface area contributed by atoms with Gasteiger partial charge in [0.1, 0.15) is 12.4 Å². The molecule has 1 aromatic carbocycles. The fourth-order valence-corrected chi connectivity index (χ4v) is 3.49. The highest BCUT2D eigenvalue weighted by Gasteiger charge is 2.28. The number of primary amides is 1. The Hall–Kier alpha value is -2.04. The van der Waals surface area contributed by atoms with Crippen molar-refractivity contribution in [3.63, 3.8) is 0 Å². The maximum Gasteiger partial charge on any atom is 0.226 e. The molecule has 0 spiro atoms. The van der Waals surface area contributed by atoms with Crippen LogP contribution in [0.5, 0.6) is 5.75 Å². The quantitative estimate of drug-likeness (QED) is 0.923. The van der Waals surface area contributed by atoms with Gasteiger partial charge in [0, 0.05) is 24.4 Å². The van der Waals surface area contributed by atoms with Gasteiger partial charge in [-0.15, -0.1) is 0 Å². The molecule has 0 radical (unpaired) electrons. The van der Waals surface area contributed by atoms with Crippen LogP contribution in [0.15, 0.2) is 18.2 Å². The predicted molar refractivity (Wildman–Crippen MR) is 86.8 cm³/mol. The number of rotatable bonds is 4. The summed E-state index contributed by atoms with van der Waals surface area (Å²) in [7, 11) is 0. The van der Waals surface area contributed by atoms with Crippen molar-refractivity contribution in [2.45, 2.75) is 45.1 Å². The van der Waals surface area contributed by atoms with E-state index in [1.165, 1.54) is 0 Å². The first-order valence-corrected chi connectivity index (χ1v) is 8.45. The van der Waals surface area contributed by atoms with Gasteiger partial charge in [-0.1, -0.05) is 25.0 Å². The lowest BCUT2D eigenvalue weighted by Gasteiger charge is -2.23. The Kier molecular flexibility index (Phi) is 4.84. The molecule has 1 aromatic rings. The van der Waals surface area contributed by atoms with Gasteiger partial charge in [-0.05, 0) is 30.9 Å². The molecule has 0 atom stereocenters. The monoisotopic (exact) mass is 316 g/mol. The van der Waals surface area contributed by atoms with E-state index in [0.29, 0.717) is 32.5 Å². The number of nitrogens with zero attached hydrogens (tertiary/aromatic N) is 1. The molecule has 2 amide bonds.